The van der Waals surface area contributed by atoms with Gasteiger partial charge in [-0.3, -0.25) is 0 Å². The van der Waals surface area contributed by atoms with Gasteiger partial charge in [-0.05, 0) is 6.07 Å². The van der Waals surface area contributed by atoms with Crippen LogP contribution in [-0.4, -0.2) is 11.0 Å². The highest BCUT2D eigenvalue weighted by molar-refractivity contribution is 5.88. The van der Waals surface area contributed by atoms with Gasteiger partial charge in [0.2, 0.25) is 0 Å². The van der Waals surface area contributed by atoms with Crippen LogP contribution in [0.2, 0.25) is 0 Å². The first-order valence-corrected chi connectivity index (χ1v) is 2.96. The molecule has 1 rings (SSSR count). The summed E-state index contributed by atoms with van der Waals surface area (Å²) >= 11 is 0. The minimum absolute atomic E-state index is 0.344. The number of carbonyl (C=O) groups excluding carboxylic acids is 1. The van der Waals surface area contributed by atoms with Gasteiger partial charge in [0, 0.05) is 18.0 Å². The summed E-state index contributed by atoms with van der Waals surface area (Å²) in [6.45, 7) is 0. The van der Waals surface area contributed by atoms with E-state index in [1.165, 1.54) is 12.3 Å². The molecule has 58 valence electrons. The lowest BCUT2D eigenvalue weighted by Crippen LogP contribution is -2.19. The summed E-state index contributed by atoms with van der Waals surface area (Å²) < 4.78 is 0. The Bertz CT molecular complexity index is 273. The number of nitrogens with zero attached hydrogens (tertiary/aromatic N) is 1. The van der Waals surface area contributed by atoms with Gasteiger partial charge in [0.1, 0.15) is 5.82 Å². The molecule has 1 aromatic rings. The number of amides is 2. The van der Waals surface area contributed by atoms with Gasteiger partial charge in [-0.1, -0.05) is 0 Å². The van der Waals surface area contributed by atoms with E-state index in [1.807, 2.05) is 0 Å². The Balaban J connectivity index is 2.79. The van der Waals surface area contributed by atoms with E-state index in [1.54, 1.807) is 6.07 Å². The van der Waals surface area contributed by atoms with E-state index >= 15 is 0 Å². The Kier molecular flexibility index (Phi) is 1.91. The van der Waals surface area contributed by atoms with Crippen molar-refractivity contribution in [3.8, 4) is 0 Å². The van der Waals surface area contributed by atoms with Crippen LogP contribution in [0.1, 0.15) is 0 Å². The fourth-order valence-corrected chi connectivity index (χ4v) is 0.668. The summed E-state index contributed by atoms with van der Waals surface area (Å²) in [7, 11) is 0. The van der Waals surface area contributed by atoms with E-state index in [-0.39, 0.29) is 0 Å². The van der Waals surface area contributed by atoms with Crippen molar-refractivity contribution in [2.24, 2.45) is 5.73 Å². The minimum atomic E-state index is -0.615. The number of aromatic nitrogens is 1. The van der Waals surface area contributed by atoms with Crippen molar-refractivity contribution >= 4 is 17.5 Å². The van der Waals surface area contributed by atoms with Crippen molar-refractivity contribution in [1.29, 1.82) is 0 Å². The zero-order valence-electron chi connectivity index (χ0n) is 5.74. The first kappa shape index (κ1) is 7.33. The quantitative estimate of drug-likeness (QED) is 0.534. The Hall–Kier alpha value is -1.78. The van der Waals surface area contributed by atoms with Crippen LogP contribution < -0.4 is 16.8 Å². The highest BCUT2D eigenvalue weighted by atomic mass is 16.2. The molecule has 11 heavy (non-hydrogen) atoms. The zero-order chi connectivity index (χ0) is 8.27. The third kappa shape index (κ3) is 2.13. The van der Waals surface area contributed by atoms with Crippen LogP contribution in [0.15, 0.2) is 18.3 Å². The van der Waals surface area contributed by atoms with Crippen molar-refractivity contribution in [2.45, 2.75) is 0 Å². The standard InChI is InChI=1S/C6H8N4O/c7-5-3-4(1-2-9-5)10-6(8)11/h1-3H,(H5,7,8,9,10,11). The number of nitrogen functional groups attached to an aromatic ring is 1. The van der Waals surface area contributed by atoms with Gasteiger partial charge in [0.25, 0.3) is 0 Å². The van der Waals surface area contributed by atoms with Crippen molar-refractivity contribution in [1.82, 2.24) is 4.98 Å². The van der Waals surface area contributed by atoms with Crippen LogP contribution in [0.25, 0.3) is 0 Å². The van der Waals surface area contributed by atoms with Crippen molar-refractivity contribution in [3.63, 3.8) is 0 Å². The van der Waals surface area contributed by atoms with Gasteiger partial charge in [-0.15, -0.1) is 0 Å². The number of hydrogen-bond donors (Lipinski definition) is 3. The average molecular weight is 152 g/mol. The summed E-state index contributed by atoms with van der Waals surface area (Å²) in [5.74, 6) is 0.344. The van der Waals surface area contributed by atoms with E-state index in [2.05, 4.69) is 10.3 Å². The van der Waals surface area contributed by atoms with Gasteiger partial charge in [0.15, 0.2) is 0 Å². The highest BCUT2D eigenvalue weighted by Gasteiger charge is 1.94. The molecule has 1 aromatic heterocycles. The first-order chi connectivity index (χ1) is 5.18. The maximum atomic E-state index is 10.3. The molecule has 0 radical (unpaired) electrons. The number of carbonyl (C=O) groups is 1. The van der Waals surface area contributed by atoms with E-state index < -0.39 is 6.03 Å². The summed E-state index contributed by atoms with van der Waals surface area (Å²) in [5.41, 5.74) is 10.7. The summed E-state index contributed by atoms with van der Waals surface area (Å²) in [4.78, 5) is 14.1. The molecule has 0 bridgehead atoms. The molecule has 0 fully saturated rings. The maximum Gasteiger partial charge on any atom is 0.316 e. The molecule has 0 aliphatic carbocycles. The molecular weight excluding hydrogens is 144 g/mol. The molecule has 0 atom stereocenters. The summed E-state index contributed by atoms with van der Waals surface area (Å²) in [6.07, 6.45) is 1.49. The highest BCUT2D eigenvalue weighted by Crippen LogP contribution is 2.07. The fourth-order valence-electron chi connectivity index (χ4n) is 0.668. The average Bonchev–Trinajstić information content (AvgIpc) is 1.85. The number of primary amides is 1. The normalized spacial score (nSPS) is 9.09. The molecular formula is C6H8N4O. The van der Waals surface area contributed by atoms with E-state index in [0.29, 0.717) is 11.5 Å². The monoisotopic (exact) mass is 152 g/mol. The van der Waals surface area contributed by atoms with E-state index in [0.717, 1.165) is 0 Å². The lowest BCUT2D eigenvalue weighted by molar-refractivity contribution is 0.259. The lowest BCUT2D eigenvalue weighted by atomic mass is 10.4. The Morgan fingerprint density at radius 1 is 1.64 bits per heavy atom. The SMILES string of the molecule is NC(=O)Nc1ccnc(N)c1. The van der Waals surface area contributed by atoms with Gasteiger partial charge in [0.05, 0.1) is 0 Å². The van der Waals surface area contributed by atoms with E-state index in [9.17, 15) is 4.79 Å². The van der Waals surface area contributed by atoms with Gasteiger partial charge in [-0.2, -0.15) is 0 Å². The Morgan fingerprint density at radius 2 is 2.36 bits per heavy atom. The largest absolute Gasteiger partial charge is 0.384 e. The molecule has 0 aliphatic rings. The van der Waals surface area contributed by atoms with Crippen LogP contribution in [0.4, 0.5) is 16.3 Å². The number of pyridine rings is 1. The second-order valence-corrected chi connectivity index (χ2v) is 1.96. The predicted molar refractivity (Wildman–Crippen MR) is 41.9 cm³/mol. The second kappa shape index (κ2) is 2.87. The van der Waals surface area contributed by atoms with Crippen LogP contribution in [0.5, 0.6) is 0 Å². The molecule has 0 saturated heterocycles. The number of nitrogens with two attached hydrogens (primary N) is 2. The number of rotatable bonds is 1. The lowest BCUT2D eigenvalue weighted by Gasteiger charge is -2.00. The molecule has 5 N–H and O–H groups in total. The van der Waals surface area contributed by atoms with Gasteiger partial charge < -0.3 is 16.8 Å². The smallest absolute Gasteiger partial charge is 0.316 e. The summed E-state index contributed by atoms with van der Waals surface area (Å²) in [6, 6.07) is 2.50. The summed E-state index contributed by atoms with van der Waals surface area (Å²) in [5, 5.41) is 2.36. The minimum Gasteiger partial charge on any atom is -0.384 e. The Labute approximate surface area is 63.4 Å². The fraction of sp³-hybridized carbons (Fsp3) is 0. The number of hydrogen-bond acceptors (Lipinski definition) is 3. The molecule has 0 aromatic carbocycles. The van der Waals surface area contributed by atoms with Crippen molar-refractivity contribution < 1.29 is 4.79 Å². The van der Waals surface area contributed by atoms with Crippen LogP contribution in [-0.2, 0) is 0 Å². The van der Waals surface area contributed by atoms with Gasteiger partial charge >= 0.3 is 6.03 Å². The number of urea groups is 1. The van der Waals surface area contributed by atoms with Crippen molar-refractivity contribution in [2.75, 3.05) is 11.1 Å². The van der Waals surface area contributed by atoms with Crippen LogP contribution in [0.3, 0.4) is 0 Å². The topological polar surface area (TPSA) is 94.0 Å². The van der Waals surface area contributed by atoms with Crippen molar-refractivity contribution in [3.05, 3.63) is 18.3 Å². The number of nitrogens with one attached hydrogen (secondary N) is 1. The molecule has 0 saturated carbocycles. The van der Waals surface area contributed by atoms with Crippen LogP contribution >= 0.6 is 0 Å². The van der Waals surface area contributed by atoms with E-state index in [4.69, 9.17) is 11.5 Å². The third-order valence-electron chi connectivity index (χ3n) is 1.05. The Morgan fingerprint density at radius 3 is 2.91 bits per heavy atom. The molecule has 5 heteroatoms. The van der Waals surface area contributed by atoms with Gasteiger partial charge in [-0.25, -0.2) is 9.78 Å². The molecule has 1 heterocycles. The first-order valence-electron chi connectivity index (χ1n) is 2.96. The molecule has 2 amide bonds. The maximum absolute atomic E-state index is 10.3. The predicted octanol–water partition coefficient (Wildman–Crippen LogP) is 0.154. The molecule has 0 aliphatic heterocycles. The molecule has 0 unspecified atom stereocenters. The third-order valence-corrected chi connectivity index (χ3v) is 1.05. The molecule has 0 spiro atoms. The number of anilines is 2. The zero-order valence-corrected chi connectivity index (χ0v) is 5.74. The van der Waals surface area contributed by atoms with Crippen LogP contribution in [0, 0.1) is 0 Å². The molecule has 5 nitrogen and oxygen atoms in total. The second-order valence-electron chi connectivity index (χ2n) is 1.96.